The van der Waals surface area contributed by atoms with Gasteiger partial charge in [0.2, 0.25) is 5.91 Å². The molecule has 0 saturated carbocycles. The number of rotatable bonds is 7. The Kier molecular flexibility index (Phi) is 6.74. The third-order valence-corrected chi connectivity index (χ3v) is 4.82. The lowest BCUT2D eigenvalue weighted by Crippen LogP contribution is -2.40. The van der Waals surface area contributed by atoms with Gasteiger partial charge in [-0.2, -0.15) is 0 Å². The average molecular weight is 396 g/mol. The summed E-state index contributed by atoms with van der Waals surface area (Å²) >= 11 is 1.23. The SMILES string of the molecule is CCn1c(SCC(=O)NC(=O)NCc2ccccc2)nnc1-c1ccncc1. The Morgan fingerprint density at radius 2 is 1.82 bits per heavy atom. The zero-order valence-corrected chi connectivity index (χ0v) is 16.1. The molecule has 0 spiro atoms. The lowest BCUT2D eigenvalue weighted by molar-refractivity contribution is -0.117. The number of amides is 3. The molecule has 0 bridgehead atoms. The Morgan fingerprint density at radius 3 is 2.54 bits per heavy atom. The van der Waals surface area contributed by atoms with E-state index in [4.69, 9.17) is 0 Å². The summed E-state index contributed by atoms with van der Waals surface area (Å²) in [6, 6.07) is 12.7. The van der Waals surface area contributed by atoms with Crippen LogP contribution in [0.1, 0.15) is 12.5 Å². The summed E-state index contributed by atoms with van der Waals surface area (Å²) in [5.74, 6) is 0.382. The molecule has 0 radical (unpaired) electrons. The number of hydrogen-bond acceptors (Lipinski definition) is 6. The first-order valence-electron chi connectivity index (χ1n) is 8.75. The highest BCUT2D eigenvalue weighted by atomic mass is 32.2. The van der Waals surface area contributed by atoms with Crippen molar-refractivity contribution in [3.05, 3.63) is 60.4 Å². The van der Waals surface area contributed by atoms with E-state index >= 15 is 0 Å². The van der Waals surface area contributed by atoms with Crippen molar-refractivity contribution in [1.29, 1.82) is 0 Å². The zero-order chi connectivity index (χ0) is 19.8. The Morgan fingerprint density at radius 1 is 1.07 bits per heavy atom. The van der Waals surface area contributed by atoms with Gasteiger partial charge in [0.1, 0.15) is 0 Å². The molecule has 2 N–H and O–H groups in total. The second-order valence-corrected chi connectivity index (χ2v) is 6.73. The van der Waals surface area contributed by atoms with Crippen LogP contribution >= 0.6 is 11.8 Å². The van der Waals surface area contributed by atoms with Gasteiger partial charge in [-0.15, -0.1) is 10.2 Å². The molecule has 2 heterocycles. The second kappa shape index (κ2) is 9.65. The molecule has 0 aliphatic carbocycles. The first-order valence-corrected chi connectivity index (χ1v) is 9.74. The maximum Gasteiger partial charge on any atom is 0.321 e. The van der Waals surface area contributed by atoms with E-state index in [-0.39, 0.29) is 5.75 Å². The molecule has 0 atom stereocenters. The van der Waals surface area contributed by atoms with Gasteiger partial charge in [0.15, 0.2) is 11.0 Å². The van der Waals surface area contributed by atoms with Crippen LogP contribution in [0.3, 0.4) is 0 Å². The van der Waals surface area contributed by atoms with Gasteiger partial charge >= 0.3 is 6.03 Å². The van der Waals surface area contributed by atoms with E-state index in [1.165, 1.54) is 11.8 Å². The predicted octanol–water partition coefficient (Wildman–Crippen LogP) is 2.48. The second-order valence-electron chi connectivity index (χ2n) is 5.79. The van der Waals surface area contributed by atoms with Crippen LogP contribution in [0.15, 0.2) is 60.0 Å². The highest BCUT2D eigenvalue weighted by Crippen LogP contribution is 2.23. The van der Waals surface area contributed by atoms with Gasteiger partial charge in [-0.05, 0) is 24.6 Å². The molecular weight excluding hydrogens is 376 g/mol. The van der Waals surface area contributed by atoms with Gasteiger partial charge in [-0.3, -0.25) is 15.1 Å². The lowest BCUT2D eigenvalue weighted by atomic mass is 10.2. The van der Waals surface area contributed by atoms with E-state index < -0.39 is 11.9 Å². The third-order valence-electron chi connectivity index (χ3n) is 3.85. The molecule has 3 amide bonds. The molecule has 0 saturated heterocycles. The van der Waals surface area contributed by atoms with E-state index in [2.05, 4.69) is 25.8 Å². The maximum atomic E-state index is 12.1. The molecular formula is C19H20N6O2S. The van der Waals surface area contributed by atoms with E-state index in [0.717, 1.165) is 11.1 Å². The van der Waals surface area contributed by atoms with E-state index in [0.29, 0.717) is 24.1 Å². The number of urea groups is 1. The zero-order valence-electron chi connectivity index (χ0n) is 15.3. The quantitative estimate of drug-likeness (QED) is 0.595. The van der Waals surface area contributed by atoms with Crippen molar-refractivity contribution in [3.63, 3.8) is 0 Å². The number of aromatic nitrogens is 4. The molecule has 1 aromatic carbocycles. The fourth-order valence-electron chi connectivity index (χ4n) is 2.51. The van der Waals surface area contributed by atoms with E-state index in [1.54, 1.807) is 12.4 Å². The van der Waals surface area contributed by atoms with Gasteiger partial charge in [-0.25, -0.2) is 4.79 Å². The molecule has 0 aliphatic rings. The number of pyridine rings is 1. The normalized spacial score (nSPS) is 10.5. The van der Waals surface area contributed by atoms with Crippen LogP contribution < -0.4 is 10.6 Å². The molecule has 8 nitrogen and oxygen atoms in total. The van der Waals surface area contributed by atoms with Crippen LogP contribution in [0, 0.1) is 0 Å². The minimum Gasteiger partial charge on any atom is -0.334 e. The summed E-state index contributed by atoms with van der Waals surface area (Å²) in [4.78, 5) is 27.9. The van der Waals surface area contributed by atoms with Crippen LogP contribution in [0.2, 0.25) is 0 Å². The van der Waals surface area contributed by atoms with Crippen molar-refractivity contribution in [2.45, 2.75) is 25.2 Å². The van der Waals surface area contributed by atoms with Crippen molar-refractivity contribution in [2.24, 2.45) is 0 Å². The summed E-state index contributed by atoms with van der Waals surface area (Å²) in [5.41, 5.74) is 1.86. The number of carbonyl (C=O) groups excluding carboxylic acids is 2. The van der Waals surface area contributed by atoms with Crippen molar-refractivity contribution < 1.29 is 9.59 Å². The number of hydrogen-bond donors (Lipinski definition) is 2. The third kappa shape index (κ3) is 5.17. The van der Waals surface area contributed by atoms with Crippen LogP contribution in [0.25, 0.3) is 11.4 Å². The van der Waals surface area contributed by atoms with Gasteiger partial charge < -0.3 is 9.88 Å². The Balaban J connectivity index is 1.52. The Bertz CT molecular complexity index is 930. The smallest absolute Gasteiger partial charge is 0.321 e. The predicted molar refractivity (Wildman–Crippen MR) is 106 cm³/mol. The van der Waals surface area contributed by atoms with E-state index in [1.807, 2.05) is 54.0 Å². The summed E-state index contributed by atoms with van der Waals surface area (Å²) in [5, 5.41) is 14.0. The summed E-state index contributed by atoms with van der Waals surface area (Å²) < 4.78 is 1.92. The largest absolute Gasteiger partial charge is 0.334 e. The fourth-order valence-corrected chi connectivity index (χ4v) is 3.31. The molecule has 3 rings (SSSR count). The molecule has 3 aromatic rings. The topological polar surface area (TPSA) is 102 Å². The number of nitrogens with one attached hydrogen (secondary N) is 2. The summed E-state index contributed by atoms with van der Waals surface area (Å²) in [7, 11) is 0. The number of imide groups is 1. The number of carbonyl (C=O) groups is 2. The van der Waals surface area contributed by atoms with Crippen LogP contribution in [-0.2, 0) is 17.9 Å². The highest BCUT2D eigenvalue weighted by molar-refractivity contribution is 7.99. The van der Waals surface area contributed by atoms with Crippen LogP contribution in [0.5, 0.6) is 0 Å². The minimum atomic E-state index is -0.524. The monoisotopic (exact) mass is 396 g/mol. The van der Waals surface area contributed by atoms with Crippen molar-refractivity contribution in [2.75, 3.05) is 5.75 Å². The number of thioether (sulfide) groups is 1. The molecule has 9 heteroatoms. The molecule has 144 valence electrons. The van der Waals surface area contributed by atoms with Gasteiger partial charge in [0, 0.05) is 31.0 Å². The molecule has 0 aliphatic heterocycles. The van der Waals surface area contributed by atoms with Gasteiger partial charge in [0.05, 0.1) is 5.75 Å². The molecule has 28 heavy (non-hydrogen) atoms. The molecule has 2 aromatic heterocycles. The Labute approximate surface area is 166 Å². The van der Waals surface area contributed by atoms with Crippen molar-refractivity contribution in [1.82, 2.24) is 30.4 Å². The summed E-state index contributed by atoms with van der Waals surface area (Å²) in [6.45, 7) is 2.99. The first kappa shape index (κ1) is 19.6. The van der Waals surface area contributed by atoms with Crippen molar-refractivity contribution >= 4 is 23.7 Å². The number of nitrogens with zero attached hydrogens (tertiary/aromatic N) is 4. The van der Waals surface area contributed by atoms with Crippen molar-refractivity contribution in [3.8, 4) is 11.4 Å². The average Bonchev–Trinajstić information content (AvgIpc) is 3.15. The summed E-state index contributed by atoms with van der Waals surface area (Å²) in [6.07, 6.45) is 3.39. The van der Waals surface area contributed by atoms with Crippen LogP contribution in [0.4, 0.5) is 4.79 Å². The first-order chi connectivity index (χ1) is 13.7. The van der Waals surface area contributed by atoms with Gasteiger partial charge in [-0.1, -0.05) is 42.1 Å². The molecule has 0 unspecified atom stereocenters. The Hall–Kier alpha value is -3.20. The van der Waals surface area contributed by atoms with Crippen LogP contribution in [-0.4, -0.2) is 37.4 Å². The molecule has 0 fully saturated rings. The minimum absolute atomic E-state index is 0.0627. The fraction of sp³-hybridized carbons (Fsp3) is 0.211. The maximum absolute atomic E-state index is 12.1. The lowest BCUT2D eigenvalue weighted by Gasteiger charge is -2.08. The van der Waals surface area contributed by atoms with E-state index in [9.17, 15) is 9.59 Å². The van der Waals surface area contributed by atoms with Gasteiger partial charge in [0.25, 0.3) is 0 Å². The standard InChI is InChI=1S/C19H20N6O2S/c1-2-25-17(15-8-10-20-11-9-15)23-24-19(25)28-13-16(26)22-18(27)21-12-14-6-4-3-5-7-14/h3-11H,2,12-13H2,1H3,(H2,21,22,26,27). The highest BCUT2D eigenvalue weighted by Gasteiger charge is 2.15. The number of benzene rings is 1.